The third kappa shape index (κ3) is 4.25. The normalized spacial score (nSPS) is 18.4. The van der Waals surface area contributed by atoms with E-state index in [-0.39, 0.29) is 11.5 Å². The Balaban J connectivity index is 1.86. The maximum Gasteiger partial charge on any atom is 0.410 e. The number of piperidine rings is 1. The summed E-state index contributed by atoms with van der Waals surface area (Å²) < 4.78 is 12.6. The van der Waals surface area contributed by atoms with Crippen LogP contribution < -0.4 is 0 Å². The van der Waals surface area contributed by atoms with Crippen molar-refractivity contribution in [3.05, 3.63) is 41.2 Å². The fraction of sp³-hybridized carbons (Fsp3) is 0.625. The van der Waals surface area contributed by atoms with Gasteiger partial charge in [0, 0.05) is 13.1 Å². The average molecular weight is 416 g/mol. The van der Waals surface area contributed by atoms with Crippen LogP contribution in [0.2, 0.25) is 18.1 Å². The SMILES string of the molecule is CC[Si](CC)(CC)OC1=Cc2ccccc2C12CCN(C(=O)OC(C)(C)C)CC2. The van der Waals surface area contributed by atoms with Gasteiger partial charge in [-0.05, 0) is 68.9 Å². The molecule has 1 saturated heterocycles. The molecule has 1 fully saturated rings. The maximum absolute atomic E-state index is 12.6. The molecule has 5 heteroatoms. The Bertz CT molecular complexity index is 760. The van der Waals surface area contributed by atoms with Gasteiger partial charge >= 0.3 is 6.09 Å². The number of carbonyl (C=O) groups excluding carboxylic acids is 1. The lowest BCUT2D eigenvalue weighted by Crippen LogP contribution is -2.48. The van der Waals surface area contributed by atoms with Gasteiger partial charge in [0.25, 0.3) is 0 Å². The van der Waals surface area contributed by atoms with Gasteiger partial charge in [0.15, 0.2) is 0 Å². The molecule has 1 spiro atoms. The molecule has 0 atom stereocenters. The Kier molecular flexibility index (Phi) is 6.18. The molecule has 29 heavy (non-hydrogen) atoms. The van der Waals surface area contributed by atoms with Gasteiger partial charge in [0.2, 0.25) is 8.32 Å². The van der Waals surface area contributed by atoms with Crippen LogP contribution in [0.4, 0.5) is 4.79 Å². The lowest BCUT2D eigenvalue weighted by Gasteiger charge is -2.44. The Labute approximate surface area is 177 Å². The fourth-order valence-electron chi connectivity index (χ4n) is 4.71. The number of rotatable bonds is 5. The molecule has 1 heterocycles. The first-order valence-corrected chi connectivity index (χ1v) is 13.7. The quantitative estimate of drug-likeness (QED) is 0.527. The van der Waals surface area contributed by atoms with Crippen LogP contribution in [0, 0.1) is 0 Å². The lowest BCUT2D eigenvalue weighted by atomic mass is 9.73. The Morgan fingerprint density at radius 1 is 1.07 bits per heavy atom. The van der Waals surface area contributed by atoms with E-state index in [4.69, 9.17) is 9.16 Å². The number of hydrogen-bond acceptors (Lipinski definition) is 3. The van der Waals surface area contributed by atoms with Gasteiger partial charge < -0.3 is 14.1 Å². The number of hydrogen-bond donors (Lipinski definition) is 0. The second-order valence-corrected chi connectivity index (χ2v) is 14.2. The van der Waals surface area contributed by atoms with Gasteiger partial charge in [-0.1, -0.05) is 45.0 Å². The van der Waals surface area contributed by atoms with E-state index in [0.717, 1.165) is 36.7 Å². The predicted molar refractivity (Wildman–Crippen MR) is 121 cm³/mol. The monoisotopic (exact) mass is 415 g/mol. The van der Waals surface area contributed by atoms with Crippen molar-refractivity contribution >= 4 is 20.5 Å². The van der Waals surface area contributed by atoms with E-state index in [9.17, 15) is 4.79 Å². The van der Waals surface area contributed by atoms with Crippen molar-refractivity contribution in [2.45, 2.75) is 83.5 Å². The van der Waals surface area contributed by atoms with E-state index >= 15 is 0 Å². The molecule has 3 rings (SSSR count). The van der Waals surface area contributed by atoms with E-state index in [1.54, 1.807) is 0 Å². The predicted octanol–water partition coefficient (Wildman–Crippen LogP) is 6.33. The Morgan fingerprint density at radius 3 is 2.21 bits per heavy atom. The summed E-state index contributed by atoms with van der Waals surface area (Å²) in [6, 6.07) is 12.1. The van der Waals surface area contributed by atoms with Crippen molar-refractivity contribution in [3.63, 3.8) is 0 Å². The zero-order valence-electron chi connectivity index (χ0n) is 19.0. The first-order valence-electron chi connectivity index (χ1n) is 11.2. The molecule has 4 nitrogen and oxygen atoms in total. The topological polar surface area (TPSA) is 38.8 Å². The highest BCUT2D eigenvalue weighted by molar-refractivity contribution is 6.73. The number of ether oxygens (including phenoxy) is 1. The molecule has 2 aliphatic rings. The number of nitrogens with zero attached hydrogens (tertiary/aromatic N) is 1. The number of benzene rings is 1. The highest BCUT2D eigenvalue weighted by Gasteiger charge is 2.48. The summed E-state index contributed by atoms with van der Waals surface area (Å²) in [5.41, 5.74) is 2.08. The molecule has 0 radical (unpaired) electrons. The summed E-state index contributed by atoms with van der Waals surface area (Å²) in [5, 5.41) is 0. The van der Waals surface area contributed by atoms with Crippen LogP contribution in [0.3, 0.4) is 0 Å². The fourth-order valence-corrected chi connectivity index (χ4v) is 7.36. The minimum atomic E-state index is -1.78. The largest absolute Gasteiger partial charge is 0.546 e. The van der Waals surface area contributed by atoms with Crippen LogP contribution in [0.15, 0.2) is 30.0 Å². The number of carbonyl (C=O) groups is 1. The first-order chi connectivity index (χ1) is 13.7. The van der Waals surface area contributed by atoms with E-state index in [2.05, 4.69) is 51.1 Å². The summed E-state index contributed by atoms with van der Waals surface area (Å²) in [6.07, 6.45) is 3.85. The standard InChI is InChI=1S/C24H37NO3Si/c1-7-29(8-2,9-3)28-21-18-19-12-10-11-13-20(19)24(21)14-16-25(17-15-24)22(26)27-23(4,5)6/h10-13,18H,7-9,14-17H2,1-6H3. The number of amides is 1. The molecule has 0 saturated carbocycles. The van der Waals surface area contributed by atoms with E-state index in [1.807, 2.05) is 25.7 Å². The number of fused-ring (bicyclic) bond motifs is 2. The number of likely N-dealkylation sites (tertiary alicyclic amines) is 1. The third-order valence-electron chi connectivity index (χ3n) is 6.76. The molecular formula is C24H37NO3Si. The van der Waals surface area contributed by atoms with E-state index in [1.165, 1.54) is 11.1 Å². The van der Waals surface area contributed by atoms with Crippen LogP contribution in [-0.2, 0) is 14.6 Å². The third-order valence-corrected chi connectivity index (χ3v) is 11.3. The summed E-state index contributed by atoms with van der Waals surface area (Å²) >= 11 is 0. The van der Waals surface area contributed by atoms with Crippen molar-refractivity contribution in [1.29, 1.82) is 0 Å². The van der Waals surface area contributed by atoms with Crippen LogP contribution in [0.1, 0.15) is 65.5 Å². The second kappa shape index (κ2) is 8.17. The molecule has 160 valence electrons. The molecule has 1 aliphatic carbocycles. The first kappa shape index (κ1) is 21.9. The maximum atomic E-state index is 12.6. The molecule has 1 aromatic rings. The highest BCUT2D eigenvalue weighted by atomic mass is 28.4. The van der Waals surface area contributed by atoms with Gasteiger partial charge in [-0.15, -0.1) is 0 Å². The van der Waals surface area contributed by atoms with Crippen molar-refractivity contribution in [2.75, 3.05) is 13.1 Å². The summed E-state index contributed by atoms with van der Waals surface area (Å²) in [6.45, 7) is 14.0. The summed E-state index contributed by atoms with van der Waals surface area (Å²) in [4.78, 5) is 14.4. The van der Waals surface area contributed by atoms with Crippen molar-refractivity contribution < 1.29 is 14.0 Å². The van der Waals surface area contributed by atoms with Crippen LogP contribution in [-0.4, -0.2) is 38.0 Å². The second-order valence-electron chi connectivity index (χ2n) is 9.49. The number of allylic oxidation sites excluding steroid dienone is 1. The van der Waals surface area contributed by atoms with Crippen molar-refractivity contribution in [2.24, 2.45) is 0 Å². The van der Waals surface area contributed by atoms with Gasteiger partial charge in [-0.2, -0.15) is 0 Å². The molecule has 0 N–H and O–H groups in total. The molecule has 1 amide bonds. The smallest absolute Gasteiger partial charge is 0.410 e. The molecule has 1 aliphatic heterocycles. The molecule has 0 unspecified atom stereocenters. The minimum absolute atomic E-state index is 0.104. The van der Waals surface area contributed by atoms with Crippen LogP contribution in [0.25, 0.3) is 6.08 Å². The molecule has 0 aromatic heterocycles. The average Bonchev–Trinajstić information content (AvgIpc) is 2.98. The van der Waals surface area contributed by atoms with Crippen molar-refractivity contribution in [1.82, 2.24) is 4.90 Å². The van der Waals surface area contributed by atoms with E-state index < -0.39 is 13.9 Å². The highest BCUT2D eigenvalue weighted by Crippen LogP contribution is 2.50. The van der Waals surface area contributed by atoms with E-state index in [0.29, 0.717) is 13.1 Å². The zero-order valence-corrected chi connectivity index (χ0v) is 20.0. The van der Waals surface area contributed by atoms with Gasteiger partial charge in [0.1, 0.15) is 5.60 Å². The van der Waals surface area contributed by atoms with Gasteiger partial charge in [0.05, 0.1) is 11.2 Å². The Hall–Kier alpha value is -1.75. The minimum Gasteiger partial charge on any atom is -0.546 e. The summed E-state index contributed by atoms with van der Waals surface area (Å²) in [5.74, 6) is 1.15. The summed E-state index contributed by atoms with van der Waals surface area (Å²) in [7, 11) is -1.78. The van der Waals surface area contributed by atoms with Crippen LogP contribution in [0.5, 0.6) is 0 Å². The van der Waals surface area contributed by atoms with Crippen LogP contribution >= 0.6 is 0 Å². The lowest BCUT2D eigenvalue weighted by molar-refractivity contribution is 0.0165. The molecule has 0 bridgehead atoms. The zero-order chi connectivity index (χ0) is 21.3. The molecule has 1 aromatic carbocycles. The van der Waals surface area contributed by atoms with Crippen molar-refractivity contribution in [3.8, 4) is 0 Å². The molecular weight excluding hydrogens is 378 g/mol. The van der Waals surface area contributed by atoms with Gasteiger partial charge in [-0.3, -0.25) is 0 Å². The Morgan fingerprint density at radius 2 is 1.66 bits per heavy atom. The van der Waals surface area contributed by atoms with Gasteiger partial charge in [-0.25, -0.2) is 4.79 Å².